The van der Waals surface area contributed by atoms with Crippen LogP contribution in [0.1, 0.15) is 17.5 Å². The maximum absolute atomic E-state index is 12.6. The number of hydrogen-bond donors (Lipinski definition) is 0. The molecule has 1 aromatic rings. The molecule has 0 unspecified atom stereocenters. The molecule has 126 valence electrons. The van der Waals surface area contributed by atoms with Crippen LogP contribution in [-0.4, -0.2) is 44.8 Å². The zero-order valence-electron chi connectivity index (χ0n) is 14.2. The van der Waals surface area contributed by atoms with Crippen LogP contribution in [0.2, 0.25) is 0 Å². The monoisotopic (exact) mass is 327 g/mol. The highest BCUT2D eigenvalue weighted by atomic mass is 16.5. The summed E-state index contributed by atoms with van der Waals surface area (Å²) in [5.74, 6) is 1.49. The maximum atomic E-state index is 12.6. The Labute approximate surface area is 141 Å². The predicted octanol–water partition coefficient (Wildman–Crippen LogP) is 2.20. The van der Waals surface area contributed by atoms with E-state index in [4.69, 9.17) is 14.2 Å². The van der Waals surface area contributed by atoms with E-state index in [1.165, 1.54) is 5.56 Å². The van der Waals surface area contributed by atoms with Crippen molar-refractivity contribution in [2.24, 2.45) is 0 Å². The zero-order chi connectivity index (χ0) is 16.9. The maximum Gasteiger partial charge on any atom is 0.247 e. The van der Waals surface area contributed by atoms with E-state index in [0.29, 0.717) is 12.3 Å². The van der Waals surface area contributed by atoms with Crippen LogP contribution in [0.25, 0.3) is 0 Å². The van der Waals surface area contributed by atoms with Crippen LogP contribution in [0.4, 0.5) is 0 Å². The van der Waals surface area contributed by atoms with Gasteiger partial charge in [0.05, 0.1) is 25.9 Å². The normalized spacial score (nSPS) is 27.3. The third-order valence-corrected chi connectivity index (χ3v) is 5.43. The van der Waals surface area contributed by atoms with Gasteiger partial charge in [0, 0.05) is 26.2 Å². The van der Waals surface area contributed by atoms with E-state index in [2.05, 4.69) is 0 Å². The molecular weight excluding hydrogens is 306 g/mol. The largest absolute Gasteiger partial charge is 0.493 e. The first kappa shape index (κ1) is 15.3. The Morgan fingerprint density at radius 1 is 1.17 bits per heavy atom. The van der Waals surface area contributed by atoms with E-state index in [0.717, 1.165) is 29.7 Å². The average molecular weight is 327 g/mol. The Hall–Kier alpha value is -2.27. The van der Waals surface area contributed by atoms with Gasteiger partial charge < -0.3 is 19.1 Å². The molecule has 0 saturated heterocycles. The summed E-state index contributed by atoms with van der Waals surface area (Å²) in [6, 6.07) is 4.07. The molecule has 1 spiro atoms. The van der Waals surface area contributed by atoms with Gasteiger partial charge in [0.15, 0.2) is 11.5 Å². The van der Waals surface area contributed by atoms with Crippen LogP contribution in [0.3, 0.4) is 0 Å². The van der Waals surface area contributed by atoms with Crippen LogP contribution < -0.4 is 9.47 Å². The second-order valence-corrected chi connectivity index (χ2v) is 6.40. The summed E-state index contributed by atoms with van der Waals surface area (Å²) in [6.07, 6.45) is 7.33. The summed E-state index contributed by atoms with van der Waals surface area (Å²) in [4.78, 5) is 14.5. The Morgan fingerprint density at radius 3 is 2.62 bits per heavy atom. The molecule has 0 radical (unpaired) electrons. The van der Waals surface area contributed by atoms with Crippen molar-refractivity contribution in [1.82, 2.24) is 4.90 Å². The van der Waals surface area contributed by atoms with Gasteiger partial charge in [-0.15, -0.1) is 0 Å². The summed E-state index contributed by atoms with van der Waals surface area (Å²) in [7, 11) is 4.99. The molecule has 0 saturated carbocycles. The fraction of sp³-hybridized carbons (Fsp3) is 0.421. The first-order chi connectivity index (χ1) is 11.6. The number of carbonyl (C=O) groups excluding carboxylic acids is 1. The number of benzene rings is 1. The SMILES string of the molecule is COc1cc2c(cc1OC)[C@]13C[C@@H](OC)C=CC1=CC(=O)N3CC2. The number of fused-ring (bicyclic) bond motifs is 1. The van der Waals surface area contributed by atoms with Crippen molar-refractivity contribution in [1.29, 1.82) is 0 Å². The standard InChI is InChI=1S/C19H21NO4/c1-22-14-5-4-13-9-18(21)20-7-6-12-8-16(23-2)17(24-3)10-15(12)19(13,20)11-14/h4-5,8-10,14H,6-7,11H2,1-3H3/t14-,19-/m0/s1. The number of hydrogen-bond acceptors (Lipinski definition) is 4. The van der Waals surface area contributed by atoms with Gasteiger partial charge in [-0.3, -0.25) is 4.79 Å². The summed E-state index contributed by atoms with van der Waals surface area (Å²) in [6.45, 7) is 0.700. The van der Waals surface area contributed by atoms with Gasteiger partial charge in [0.1, 0.15) is 0 Å². The summed E-state index contributed by atoms with van der Waals surface area (Å²) < 4.78 is 16.5. The second kappa shape index (κ2) is 5.38. The van der Waals surface area contributed by atoms with Crippen molar-refractivity contribution in [2.45, 2.75) is 24.5 Å². The van der Waals surface area contributed by atoms with Gasteiger partial charge in [0.2, 0.25) is 5.91 Å². The molecule has 5 nitrogen and oxygen atoms in total. The van der Waals surface area contributed by atoms with Gasteiger partial charge in [-0.05, 0) is 35.3 Å². The van der Waals surface area contributed by atoms with E-state index >= 15 is 0 Å². The molecule has 3 aliphatic rings. The summed E-state index contributed by atoms with van der Waals surface area (Å²) in [5.41, 5.74) is 2.90. The lowest BCUT2D eigenvalue weighted by atomic mass is 9.71. The number of nitrogens with zero attached hydrogens (tertiary/aromatic N) is 1. The fourth-order valence-corrected chi connectivity index (χ4v) is 4.28. The number of rotatable bonds is 3. The Morgan fingerprint density at radius 2 is 1.92 bits per heavy atom. The fourth-order valence-electron chi connectivity index (χ4n) is 4.28. The van der Waals surface area contributed by atoms with Crippen molar-refractivity contribution in [3.05, 3.63) is 47.1 Å². The molecule has 4 rings (SSSR count). The topological polar surface area (TPSA) is 48.0 Å². The van der Waals surface area contributed by atoms with Gasteiger partial charge in [0.25, 0.3) is 0 Å². The number of ether oxygens (including phenoxy) is 3. The minimum atomic E-state index is -0.459. The van der Waals surface area contributed by atoms with Crippen molar-refractivity contribution in [2.75, 3.05) is 27.9 Å². The van der Waals surface area contributed by atoms with E-state index in [-0.39, 0.29) is 12.0 Å². The van der Waals surface area contributed by atoms with Crippen LogP contribution in [-0.2, 0) is 21.5 Å². The lowest BCUT2D eigenvalue weighted by Crippen LogP contribution is -2.52. The van der Waals surface area contributed by atoms with Crippen molar-refractivity contribution in [3.63, 3.8) is 0 Å². The quantitative estimate of drug-likeness (QED) is 0.854. The van der Waals surface area contributed by atoms with Gasteiger partial charge in [-0.2, -0.15) is 0 Å². The summed E-state index contributed by atoms with van der Waals surface area (Å²) in [5, 5.41) is 0. The van der Waals surface area contributed by atoms with Crippen LogP contribution >= 0.6 is 0 Å². The molecule has 5 heteroatoms. The summed E-state index contributed by atoms with van der Waals surface area (Å²) >= 11 is 0. The zero-order valence-corrected chi connectivity index (χ0v) is 14.2. The number of carbonyl (C=O) groups is 1. The average Bonchev–Trinajstić information content (AvgIpc) is 2.91. The molecule has 0 aromatic heterocycles. The van der Waals surface area contributed by atoms with Crippen molar-refractivity contribution >= 4 is 5.91 Å². The highest BCUT2D eigenvalue weighted by Crippen LogP contribution is 2.52. The molecule has 1 aliphatic carbocycles. The van der Waals surface area contributed by atoms with E-state index in [1.807, 2.05) is 29.2 Å². The van der Waals surface area contributed by atoms with E-state index in [9.17, 15) is 4.79 Å². The smallest absolute Gasteiger partial charge is 0.247 e. The van der Waals surface area contributed by atoms with Crippen molar-refractivity contribution < 1.29 is 19.0 Å². The third-order valence-electron chi connectivity index (χ3n) is 5.43. The Kier molecular flexibility index (Phi) is 3.42. The van der Waals surface area contributed by atoms with E-state index < -0.39 is 5.54 Å². The third kappa shape index (κ3) is 1.88. The molecule has 2 aliphatic heterocycles. The molecule has 24 heavy (non-hydrogen) atoms. The highest BCUT2D eigenvalue weighted by Gasteiger charge is 2.53. The van der Waals surface area contributed by atoms with Crippen LogP contribution in [0.5, 0.6) is 11.5 Å². The Bertz CT molecular complexity index is 767. The molecule has 0 N–H and O–H groups in total. The molecule has 0 bridgehead atoms. The first-order valence-electron chi connectivity index (χ1n) is 8.14. The highest BCUT2D eigenvalue weighted by molar-refractivity contribution is 5.95. The number of amides is 1. The van der Waals surface area contributed by atoms with Gasteiger partial charge >= 0.3 is 0 Å². The molecular formula is C19H21NO4. The lowest BCUT2D eigenvalue weighted by Gasteiger charge is -2.48. The van der Waals surface area contributed by atoms with E-state index in [1.54, 1.807) is 27.4 Å². The molecule has 2 heterocycles. The van der Waals surface area contributed by atoms with Crippen molar-refractivity contribution in [3.8, 4) is 11.5 Å². The number of methoxy groups -OCH3 is 3. The molecule has 2 atom stereocenters. The minimum Gasteiger partial charge on any atom is -0.493 e. The molecule has 1 aromatic carbocycles. The first-order valence-corrected chi connectivity index (χ1v) is 8.14. The minimum absolute atomic E-state index is 0.0189. The lowest BCUT2D eigenvalue weighted by molar-refractivity contribution is -0.130. The molecule has 1 amide bonds. The molecule has 0 fully saturated rings. The van der Waals surface area contributed by atoms with Gasteiger partial charge in [-0.25, -0.2) is 0 Å². The van der Waals surface area contributed by atoms with Crippen LogP contribution in [0, 0.1) is 0 Å². The van der Waals surface area contributed by atoms with Crippen LogP contribution in [0.15, 0.2) is 35.9 Å². The van der Waals surface area contributed by atoms with Gasteiger partial charge in [-0.1, -0.05) is 12.2 Å². The second-order valence-electron chi connectivity index (χ2n) is 6.40. The predicted molar refractivity (Wildman–Crippen MR) is 89.3 cm³/mol. The Balaban J connectivity index is 1.94.